The Morgan fingerprint density at radius 2 is 1.96 bits per heavy atom. The number of nitrogens with one attached hydrogen (secondary N) is 1. The predicted molar refractivity (Wildman–Crippen MR) is 91.6 cm³/mol. The Balaban J connectivity index is 1.48. The van der Waals surface area contributed by atoms with Crippen LogP contribution in [0.2, 0.25) is 0 Å². The first kappa shape index (κ1) is 16.3. The highest BCUT2D eigenvalue weighted by Crippen LogP contribution is 2.32. The Kier molecular flexibility index (Phi) is 5.21. The van der Waals surface area contributed by atoms with Gasteiger partial charge >= 0.3 is 0 Å². The lowest BCUT2D eigenvalue weighted by atomic mass is 9.89. The molecule has 1 N–H and O–H groups in total. The topological polar surface area (TPSA) is 41.6 Å². The van der Waals surface area contributed by atoms with Crippen LogP contribution in [0.3, 0.4) is 0 Å². The lowest BCUT2D eigenvalue weighted by Gasteiger charge is -2.30. The Hall–Kier alpha value is -1.55. The van der Waals surface area contributed by atoms with E-state index in [9.17, 15) is 4.79 Å². The summed E-state index contributed by atoms with van der Waals surface area (Å²) >= 11 is 0. The summed E-state index contributed by atoms with van der Waals surface area (Å²) in [5, 5.41) is 3.64. The van der Waals surface area contributed by atoms with Crippen molar-refractivity contribution in [3.05, 3.63) is 29.8 Å². The van der Waals surface area contributed by atoms with Crippen molar-refractivity contribution >= 4 is 5.91 Å². The minimum Gasteiger partial charge on any atom is -0.496 e. The summed E-state index contributed by atoms with van der Waals surface area (Å²) in [6.45, 7) is 0.747. The summed E-state index contributed by atoms with van der Waals surface area (Å²) in [4.78, 5) is 14.4. The summed E-state index contributed by atoms with van der Waals surface area (Å²) < 4.78 is 5.38. The van der Waals surface area contributed by atoms with E-state index in [-0.39, 0.29) is 5.91 Å². The lowest BCUT2D eigenvalue weighted by molar-refractivity contribution is -0.131. The van der Waals surface area contributed by atoms with Gasteiger partial charge in [0.1, 0.15) is 5.75 Å². The highest BCUT2D eigenvalue weighted by Gasteiger charge is 2.34. The van der Waals surface area contributed by atoms with E-state index in [1.165, 1.54) is 25.7 Å². The predicted octanol–water partition coefficient (Wildman–Crippen LogP) is 2.62. The number of para-hydroxylation sites is 1. The second kappa shape index (κ2) is 7.35. The molecule has 126 valence electrons. The number of amides is 1. The molecule has 0 radical (unpaired) electrons. The monoisotopic (exact) mass is 316 g/mol. The summed E-state index contributed by atoms with van der Waals surface area (Å²) in [6.07, 6.45) is 6.46. The summed E-state index contributed by atoms with van der Waals surface area (Å²) in [5.41, 5.74) is 1.16. The molecule has 0 saturated carbocycles. The van der Waals surface area contributed by atoms with Gasteiger partial charge in [-0.1, -0.05) is 18.2 Å². The van der Waals surface area contributed by atoms with Crippen molar-refractivity contribution < 1.29 is 9.53 Å². The van der Waals surface area contributed by atoms with E-state index in [0.29, 0.717) is 24.4 Å². The van der Waals surface area contributed by atoms with Crippen molar-refractivity contribution in [3.8, 4) is 5.75 Å². The van der Waals surface area contributed by atoms with E-state index >= 15 is 0 Å². The zero-order valence-electron chi connectivity index (χ0n) is 14.3. The largest absolute Gasteiger partial charge is 0.496 e. The minimum atomic E-state index is 0.284. The first-order valence-electron chi connectivity index (χ1n) is 8.77. The number of piperidine rings is 1. The molecule has 0 aromatic heterocycles. The smallest absolute Gasteiger partial charge is 0.222 e. The molecular formula is C19H28N2O2. The van der Waals surface area contributed by atoms with Crippen molar-refractivity contribution in [1.29, 1.82) is 0 Å². The van der Waals surface area contributed by atoms with Crippen LogP contribution in [0.4, 0.5) is 0 Å². The van der Waals surface area contributed by atoms with Gasteiger partial charge in [0.2, 0.25) is 5.91 Å². The fraction of sp³-hybridized carbons (Fsp3) is 0.632. The van der Waals surface area contributed by atoms with Crippen LogP contribution in [0.5, 0.6) is 5.75 Å². The number of nitrogens with zero attached hydrogens (tertiary/aromatic N) is 1. The molecule has 3 rings (SSSR count). The number of likely N-dealkylation sites (N-methyl/N-ethyl adjacent to an activating group) is 1. The van der Waals surface area contributed by atoms with Crippen molar-refractivity contribution in [2.45, 2.75) is 50.6 Å². The maximum atomic E-state index is 12.5. The Morgan fingerprint density at radius 1 is 1.26 bits per heavy atom. The molecule has 4 nitrogen and oxygen atoms in total. The van der Waals surface area contributed by atoms with Crippen LogP contribution in [-0.4, -0.2) is 43.6 Å². The maximum Gasteiger partial charge on any atom is 0.222 e. The van der Waals surface area contributed by atoms with Crippen LogP contribution >= 0.6 is 0 Å². The molecule has 1 aromatic carbocycles. The third-order valence-electron chi connectivity index (χ3n) is 5.37. The fourth-order valence-corrected chi connectivity index (χ4v) is 4.07. The van der Waals surface area contributed by atoms with Crippen LogP contribution < -0.4 is 10.1 Å². The van der Waals surface area contributed by atoms with E-state index < -0.39 is 0 Å². The van der Waals surface area contributed by atoms with Gasteiger partial charge in [-0.05, 0) is 49.7 Å². The Morgan fingerprint density at radius 3 is 2.65 bits per heavy atom. The lowest BCUT2D eigenvalue weighted by Crippen LogP contribution is -2.40. The Labute approximate surface area is 139 Å². The van der Waals surface area contributed by atoms with E-state index in [1.54, 1.807) is 7.11 Å². The quantitative estimate of drug-likeness (QED) is 0.877. The number of ether oxygens (including phenoxy) is 1. The molecule has 2 atom stereocenters. The van der Waals surface area contributed by atoms with E-state index in [2.05, 4.69) is 11.4 Å². The number of benzene rings is 1. The first-order valence-corrected chi connectivity index (χ1v) is 8.77. The molecule has 2 fully saturated rings. The maximum absolute atomic E-state index is 12.5. The van der Waals surface area contributed by atoms with Gasteiger partial charge < -0.3 is 15.0 Å². The number of carbonyl (C=O) groups excluding carboxylic acids is 1. The molecule has 2 heterocycles. The van der Waals surface area contributed by atoms with Gasteiger partial charge in [0, 0.05) is 32.1 Å². The molecule has 23 heavy (non-hydrogen) atoms. The van der Waals surface area contributed by atoms with Gasteiger partial charge in [-0.25, -0.2) is 0 Å². The standard InChI is InChI=1S/C19H28N2O2/c1-21(10-9-15-5-3-4-6-18(15)23-2)19(22)13-14-11-16-7-8-17(12-14)20-16/h3-6,14,16-17,20H,7-13H2,1-2H3. The molecule has 2 unspecified atom stereocenters. The normalized spacial score (nSPS) is 26.1. The SMILES string of the molecule is COc1ccccc1CCN(C)C(=O)CC1CC2CCC(C1)N2. The average molecular weight is 316 g/mol. The van der Waals surface area contributed by atoms with Gasteiger partial charge in [-0.15, -0.1) is 0 Å². The fourth-order valence-electron chi connectivity index (χ4n) is 4.07. The molecule has 2 aliphatic rings. The summed E-state index contributed by atoms with van der Waals surface area (Å²) in [5.74, 6) is 1.75. The highest BCUT2D eigenvalue weighted by atomic mass is 16.5. The second-order valence-electron chi connectivity index (χ2n) is 7.06. The summed E-state index contributed by atoms with van der Waals surface area (Å²) in [7, 11) is 3.62. The zero-order chi connectivity index (χ0) is 16.2. The van der Waals surface area contributed by atoms with Gasteiger partial charge in [-0.3, -0.25) is 4.79 Å². The molecule has 2 aliphatic heterocycles. The molecule has 0 aliphatic carbocycles. The molecule has 1 aromatic rings. The molecule has 2 bridgehead atoms. The van der Waals surface area contributed by atoms with Crippen LogP contribution in [-0.2, 0) is 11.2 Å². The van der Waals surface area contributed by atoms with Crippen LogP contribution in [0.1, 0.15) is 37.7 Å². The van der Waals surface area contributed by atoms with Crippen molar-refractivity contribution in [2.24, 2.45) is 5.92 Å². The third-order valence-corrected chi connectivity index (χ3v) is 5.37. The number of hydrogen-bond acceptors (Lipinski definition) is 3. The van der Waals surface area contributed by atoms with Gasteiger partial charge in [-0.2, -0.15) is 0 Å². The number of rotatable bonds is 6. The molecule has 1 amide bonds. The van der Waals surface area contributed by atoms with E-state index in [1.807, 2.05) is 30.1 Å². The van der Waals surface area contributed by atoms with Crippen LogP contribution in [0, 0.1) is 5.92 Å². The minimum absolute atomic E-state index is 0.284. The van der Waals surface area contributed by atoms with Crippen LogP contribution in [0.15, 0.2) is 24.3 Å². The Bertz CT molecular complexity index is 534. The molecular weight excluding hydrogens is 288 g/mol. The number of methoxy groups -OCH3 is 1. The summed E-state index contributed by atoms with van der Waals surface area (Å²) in [6, 6.07) is 9.35. The van der Waals surface area contributed by atoms with Gasteiger partial charge in [0.05, 0.1) is 7.11 Å². The second-order valence-corrected chi connectivity index (χ2v) is 7.06. The third kappa shape index (κ3) is 4.05. The molecule has 4 heteroatoms. The highest BCUT2D eigenvalue weighted by molar-refractivity contribution is 5.76. The van der Waals surface area contributed by atoms with Crippen molar-refractivity contribution in [1.82, 2.24) is 10.2 Å². The number of carbonyl (C=O) groups is 1. The zero-order valence-corrected chi connectivity index (χ0v) is 14.3. The van der Waals surface area contributed by atoms with Gasteiger partial charge in [0.15, 0.2) is 0 Å². The van der Waals surface area contributed by atoms with E-state index in [0.717, 1.165) is 24.3 Å². The van der Waals surface area contributed by atoms with Crippen LogP contribution in [0.25, 0.3) is 0 Å². The van der Waals surface area contributed by atoms with Crippen molar-refractivity contribution in [3.63, 3.8) is 0 Å². The first-order chi connectivity index (χ1) is 11.2. The van der Waals surface area contributed by atoms with E-state index in [4.69, 9.17) is 4.74 Å². The number of fused-ring (bicyclic) bond motifs is 2. The van der Waals surface area contributed by atoms with Gasteiger partial charge in [0.25, 0.3) is 0 Å². The number of hydrogen-bond donors (Lipinski definition) is 1. The molecule has 0 spiro atoms. The van der Waals surface area contributed by atoms with Crippen molar-refractivity contribution in [2.75, 3.05) is 20.7 Å². The average Bonchev–Trinajstić information content (AvgIpc) is 2.91. The molecule has 2 saturated heterocycles.